The fourth-order valence-electron chi connectivity index (χ4n) is 3.88. The summed E-state index contributed by atoms with van der Waals surface area (Å²) in [7, 11) is 5.36. The smallest absolute Gasteiger partial charge is 0.227 e. The Morgan fingerprint density at radius 3 is 2.24 bits per heavy atom. The highest BCUT2D eigenvalue weighted by Crippen LogP contribution is 2.36. The highest BCUT2D eigenvalue weighted by atomic mass is 35.5. The fraction of sp³-hybridized carbons (Fsp3) is 0.360. The van der Waals surface area contributed by atoms with Gasteiger partial charge in [-0.05, 0) is 61.5 Å². The summed E-state index contributed by atoms with van der Waals surface area (Å²) in [4.78, 5) is 14.0. The van der Waals surface area contributed by atoms with Crippen molar-refractivity contribution in [2.24, 2.45) is 0 Å². The number of likely N-dealkylation sites (N-methyl/N-ethyl adjacent to an activating group) is 1. The molecule has 4 rings (SSSR count). The molecule has 174 valence electrons. The molecule has 0 amide bonds. The van der Waals surface area contributed by atoms with E-state index in [0.717, 1.165) is 48.7 Å². The normalized spacial score (nSPS) is 14.3. The van der Waals surface area contributed by atoms with E-state index in [2.05, 4.69) is 51.4 Å². The van der Waals surface area contributed by atoms with Gasteiger partial charge in [-0.25, -0.2) is 9.97 Å². The molecule has 1 fully saturated rings. The molecule has 2 aromatic carbocycles. The summed E-state index contributed by atoms with van der Waals surface area (Å²) in [6, 6.07) is 12.3. The molecule has 0 spiro atoms. The molecule has 1 aliphatic rings. The zero-order valence-corrected chi connectivity index (χ0v) is 20.3. The third-order valence-electron chi connectivity index (χ3n) is 5.95. The van der Waals surface area contributed by atoms with E-state index in [1.807, 2.05) is 25.3 Å². The van der Waals surface area contributed by atoms with Gasteiger partial charge in [0.05, 0.1) is 19.9 Å². The first kappa shape index (κ1) is 23.1. The van der Waals surface area contributed by atoms with Crippen LogP contribution in [0.5, 0.6) is 11.5 Å². The number of hydrogen-bond donors (Lipinski definition) is 1. The number of piperazine rings is 1. The predicted octanol–water partition coefficient (Wildman–Crippen LogP) is 4.54. The Morgan fingerprint density at radius 2 is 1.64 bits per heavy atom. The van der Waals surface area contributed by atoms with E-state index >= 15 is 0 Å². The molecule has 1 aliphatic heterocycles. The Bertz CT molecular complexity index is 1070. The molecular formula is C25H30ClN5O2. The van der Waals surface area contributed by atoms with Crippen molar-refractivity contribution in [3.8, 4) is 11.5 Å². The number of hydrogen-bond acceptors (Lipinski definition) is 7. The quantitative estimate of drug-likeness (QED) is 0.547. The summed E-state index contributed by atoms with van der Waals surface area (Å²) in [5, 5.41) is 3.79. The maximum Gasteiger partial charge on any atom is 0.227 e. The van der Waals surface area contributed by atoms with E-state index in [9.17, 15) is 0 Å². The second-order valence-electron chi connectivity index (χ2n) is 8.28. The molecule has 1 aromatic heterocycles. The lowest BCUT2D eigenvalue weighted by atomic mass is 10.1. The van der Waals surface area contributed by atoms with E-state index in [1.165, 1.54) is 5.69 Å². The summed E-state index contributed by atoms with van der Waals surface area (Å²) in [6.45, 7) is 6.28. The Balaban J connectivity index is 1.49. The number of aromatic nitrogens is 2. The van der Waals surface area contributed by atoms with Crippen molar-refractivity contribution in [3.05, 3.63) is 64.4 Å². The highest BCUT2D eigenvalue weighted by Gasteiger charge is 2.15. The van der Waals surface area contributed by atoms with Crippen LogP contribution in [0.2, 0.25) is 5.02 Å². The van der Waals surface area contributed by atoms with Crippen LogP contribution in [0, 0.1) is 6.92 Å². The third kappa shape index (κ3) is 5.49. The number of ether oxygens (including phenoxy) is 2. The minimum absolute atomic E-state index is 0.463. The number of nitrogens with one attached hydrogen (secondary N) is 1. The first-order chi connectivity index (χ1) is 16.0. The molecule has 0 unspecified atom stereocenters. The SMILES string of the molecule is COc1cc(Cc2nc(Nc3ccc(N4CCN(C)CC4)cc3)ncc2C)cc(OC)c1Cl. The Hall–Kier alpha value is -3.03. The second-order valence-corrected chi connectivity index (χ2v) is 8.65. The molecule has 0 saturated carbocycles. The van der Waals surface area contributed by atoms with Gasteiger partial charge in [0.25, 0.3) is 0 Å². The lowest BCUT2D eigenvalue weighted by Crippen LogP contribution is -2.44. The second kappa shape index (κ2) is 10.3. The molecule has 3 aromatic rings. The van der Waals surface area contributed by atoms with E-state index in [1.54, 1.807) is 14.2 Å². The minimum Gasteiger partial charge on any atom is -0.495 e. The van der Waals surface area contributed by atoms with Crippen LogP contribution in [0.3, 0.4) is 0 Å². The van der Waals surface area contributed by atoms with E-state index in [4.69, 9.17) is 26.1 Å². The molecule has 2 heterocycles. The molecular weight excluding hydrogens is 438 g/mol. The van der Waals surface area contributed by atoms with Gasteiger partial charge >= 0.3 is 0 Å². The highest BCUT2D eigenvalue weighted by molar-refractivity contribution is 6.33. The summed E-state index contributed by atoms with van der Waals surface area (Å²) < 4.78 is 10.8. The summed E-state index contributed by atoms with van der Waals surface area (Å²) in [6.07, 6.45) is 2.45. The van der Waals surface area contributed by atoms with Crippen LogP contribution in [-0.2, 0) is 6.42 Å². The lowest BCUT2D eigenvalue weighted by molar-refractivity contribution is 0.313. The fourth-order valence-corrected chi connectivity index (χ4v) is 4.15. The van der Waals surface area contributed by atoms with Gasteiger partial charge in [-0.3, -0.25) is 0 Å². The maximum absolute atomic E-state index is 6.31. The zero-order valence-electron chi connectivity index (χ0n) is 19.6. The zero-order chi connectivity index (χ0) is 23.4. The van der Waals surface area contributed by atoms with Crippen LogP contribution >= 0.6 is 11.6 Å². The molecule has 8 heteroatoms. The number of rotatable bonds is 7. The van der Waals surface area contributed by atoms with Crippen molar-refractivity contribution < 1.29 is 9.47 Å². The lowest BCUT2D eigenvalue weighted by Gasteiger charge is -2.34. The Labute approximate surface area is 200 Å². The summed E-state index contributed by atoms with van der Waals surface area (Å²) in [5.74, 6) is 1.73. The van der Waals surface area contributed by atoms with Crippen molar-refractivity contribution in [1.82, 2.24) is 14.9 Å². The van der Waals surface area contributed by atoms with E-state index in [0.29, 0.717) is 28.9 Å². The van der Waals surface area contributed by atoms with Crippen molar-refractivity contribution in [2.45, 2.75) is 13.3 Å². The van der Waals surface area contributed by atoms with Gasteiger partial charge < -0.3 is 24.6 Å². The monoisotopic (exact) mass is 467 g/mol. The van der Waals surface area contributed by atoms with Crippen LogP contribution < -0.4 is 19.7 Å². The van der Waals surface area contributed by atoms with Crippen LogP contribution in [-0.4, -0.2) is 62.3 Å². The number of nitrogens with zero attached hydrogens (tertiary/aromatic N) is 4. The van der Waals surface area contributed by atoms with E-state index in [-0.39, 0.29) is 0 Å². The Morgan fingerprint density at radius 1 is 1.00 bits per heavy atom. The largest absolute Gasteiger partial charge is 0.495 e. The molecule has 0 aliphatic carbocycles. The maximum atomic E-state index is 6.31. The van der Waals surface area contributed by atoms with Gasteiger partial charge in [0, 0.05) is 50.2 Å². The van der Waals surface area contributed by atoms with Crippen LogP contribution in [0.25, 0.3) is 0 Å². The third-order valence-corrected chi connectivity index (χ3v) is 6.32. The van der Waals surface area contributed by atoms with Gasteiger partial charge in [-0.1, -0.05) is 11.6 Å². The number of anilines is 3. The van der Waals surface area contributed by atoms with Gasteiger partial charge in [0.2, 0.25) is 5.95 Å². The number of aryl methyl sites for hydroxylation is 1. The topological polar surface area (TPSA) is 62.8 Å². The first-order valence-corrected chi connectivity index (χ1v) is 11.4. The van der Waals surface area contributed by atoms with Gasteiger partial charge in [0.15, 0.2) is 0 Å². The minimum atomic E-state index is 0.463. The van der Waals surface area contributed by atoms with Crippen molar-refractivity contribution in [3.63, 3.8) is 0 Å². The molecule has 33 heavy (non-hydrogen) atoms. The average molecular weight is 468 g/mol. The van der Waals surface area contributed by atoms with Gasteiger partial charge in [-0.2, -0.15) is 0 Å². The summed E-state index contributed by atoms with van der Waals surface area (Å²) >= 11 is 6.31. The van der Waals surface area contributed by atoms with Gasteiger partial charge in [-0.15, -0.1) is 0 Å². The molecule has 1 N–H and O–H groups in total. The van der Waals surface area contributed by atoms with Crippen molar-refractivity contribution >= 4 is 28.9 Å². The molecule has 1 saturated heterocycles. The number of benzene rings is 2. The van der Waals surface area contributed by atoms with Crippen LogP contribution in [0.1, 0.15) is 16.8 Å². The van der Waals surface area contributed by atoms with Crippen molar-refractivity contribution in [2.75, 3.05) is 57.7 Å². The van der Waals surface area contributed by atoms with Crippen molar-refractivity contribution in [1.29, 1.82) is 0 Å². The molecule has 0 bridgehead atoms. The van der Waals surface area contributed by atoms with E-state index < -0.39 is 0 Å². The van der Waals surface area contributed by atoms with Gasteiger partial charge in [0.1, 0.15) is 16.5 Å². The predicted molar refractivity (Wildman–Crippen MR) is 134 cm³/mol. The first-order valence-electron chi connectivity index (χ1n) is 11.0. The Kier molecular flexibility index (Phi) is 7.20. The number of methoxy groups -OCH3 is 2. The van der Waals surface area contributed by atoms with Crippen LogP contribution in [0.15, 0.2) is 42.6 Å². The summed E-state index contributed by atoms with van der Waals surface area (Å²) in [5.41, 5.74) is 5.13. The molecule has 7 nitrogen and oxygen atoms in total. The average Bonchev–Trinajstić information content (AvgIpc) is 2.83. The standard InChI is InChI=1S/C25H30ClN5O2/c1-17-16-27-25(28-19-5-7-20(8-6-19)31-11-9-30(2)10-12-31)29-21(17)13-18-14-22(32-3)24(26)23(15-18)33-4/h5-8,14-16H,9-13H2,1-4H3,(H,27,28,29). The number of halogens is 1. The molecule has 0 radical (unpaired) electrons. The van der Waals surface area contributed by atoms with Crippen LogP contribution in [0.4, 0.5) is 17.3 Å². The molecule has 0 atom stereocenters.